The highest BCUT2D eigenvalue weighted by Crippen LogP contribution is 2.03. The molecule has 0 fully saturated rings. The zero-order valence-corrected chi connectivity index (χ0v) is 15.4. The van der Waals surface area contributed by atoms with Crippen molar-refractivity contribution in [3.05, 3.63) is 35.4 Å². The van der Waals surface area contributed by atoms with Crippen LogP contribution in [0.25, 0.3) is 0 Å². The highest BCUT2D eigenvalue weighted by atomic mass is 16.4. The lowest BCUT2D eigenvalue weighted by atomic mass is 10.1. The number of carbonyl (C=O) groups is 4. The topological polar surface area (TPSA) is 230 Å². The number of aliphatic carboxylic acids is 2. The fraction of sp³-hybridized carbons (Fsp3) is 0.412. The lowest BCUT2D eigenvalue weighted by Crippen LogP contribution is -2.37. The molecule has 164 valence electrons. The van der Waals surface area contributed by atoms with E-state index in [1.165, 1.54) is 31.2 Å². The fourth-order valence-electron chi connectivity index (χ4n) is 1.40. The van der Waals surface area contributed by atoms with Crippen LogP contribution in [-0.2, 0) is 9.59 Å². The number of aromatic carboxylic acids is 2. The smallest absolute Gasteiger partial charge is 0.335 e. The maximum Gasteiger partial charge on any atom is 0.335 e. The van der Waals surface area contributed by atoms with E-state index in [1.807, 2.05) is 0 Å². The molecule has 1 rings (SSSR count). The average Bonchev–Trinajstić information content (AvgIpc) is 2.66. The molecule has 0 aliphatic carbocycles. The Morgan fingerprint density at radius 3 is 1.21 bits per heavy atom. The van der Waals surface area contributed by atoms with Gasteiger partial charge in [-0.3, -0.25) is 9.59 Å². The third-order valence-electron chi connectivity index (χ3n) is 3.01. The van der Waals surface area contributed by atoms with E-state index in [2.05, 4.69) is 0 Å². The molecule has 12 heteroatoms. The van der Waals surface area contributed by atoms with Crippen molar-refractivity contribution < 1.29 is 60.0 Å². The predicted molar refractivity (Wildman–Crippen MR) is 95.6 cm³/mol. The number of hydrogen-bond acceptors (Lipinski definition) is 8. The lowest BCUT2D eigenvalue weighted by molar-refractivity contribution is -0.143. The van der Waals surface area contributed by atoms with Crippen LogP contribution in [0, 0.1) is 0 Å². The van der Waals surface area contributed by atoms with Gasteiger partial charge in [0.2, 0.25) is 0 Å². The largest absolute Gasteiger partial charge is 0.481 e. The van der Waals surface area contributed by atoms with E-state index in [1.54, 1.807) is 0 Å². The summed E-state index contributed by atoms with van der Waals surface area (Å²) in [4.78, 5) is 40.0. The summed E-state index contributed by atoms with van der Waals surface area (Å²) in [6, 6.07) is 5.02. The predicted octanol–water partition coefficient (Wildman–Crippen LogP) is -0.900. The highest BCUT2D eigenvalue weighted by Gasteiger charge is 2.19. The first kappa shape index (κ1) is 28.2. The summed E-state index contributed by atoms with van der Waals surface area (Å²) in [5, 5.41) is 66.9. The van der Waals surface area contributed by atoms with Gasteiger partial charge in [0, 0.05) is 0 Å². The monoisotopic (exact) mass is 420 g/mol. The molecule has 0 spiro atoms. The molecule has 3 atom stereocenters. The van der Waals surface area contributed by atoms with Gasteiger partial charge in [0.05, 0.1) is 36.7 Å². The molecule has 12 nitrogen and oxygen atoms in total. The number of aliphatic hydroxyl groups excluding tert-OH is 4. The highest BCUT2D eigenvalue weighted by molar-refractivity contribution is 5.91. The van der Waals surface area contributed by atoms with Gasteiger partial charge in [0.25, 0.3) is 0 Å². The van der Waals surface area contributed by atoms with Gasteiger partial charge in [-0.25, -0.2) is 9.59 Å². The van der Waals surface area contributed by atoms with E-state index >= 15 is 0 Å². The Morgan fingerprint density at radius 1 is 0.759 bits per heavy atom. The van der Waals surface area contributed by atoms with E-state index in [4.69, 9.17) is 40.9 Å². The van der Waals surface area contributed by atoms with Crippen molar-refractivity contribution in [1.29, 1.82) is 0 Å². The van der Waals surface area contributed by atoms with Gasteiger partial charge in [0.15, 0.2) is 0 Å². The van der Waals surface area contributed by atoms with Gasteiger partial charge in [-0.15, -0.1) is 0 Å². The average molecular weight is 420 g/mol. The molecule has 1 aromatic rings. The molecule has 8 N–H and O–H groups in total. The van der Waals surface area contributed by atoms with Crippen LogP contribution < -0.4 is 0 Å². The standard InChI is InChI=1S/C8H6O4.C5H12O4.C4H6O4/c9-7(10)5-1-2-6(4-3-5)8(11)12;1-3(7)5(9)4(8)2-6;5-3(6)1-2-4(7)8/h1-4H,(H,9,10)(H,11,12);3-9H,2H2,1H3;1-2H2,(H,5,6)(H,7,8). The van der Waals surface area contributed by atoms with Crippen LogP contribution in [0.1, 0.15) is 40.5 Å². The molecular weight excluding hydrogens is 396 g/mol. The summed E-state index contributed by atoms with van der Waals surface area (Å²) in [6.07, 6.45) is -4.10. The lowest BCUT2D eigenvalue weighted by Gasteiger charge is -2.17. The van der Waals surface area contributed by atoms with E-state index in [0.717, 1.165) is 0 Å². The number of aliphatic hydroxyl groups is 4. The Kier molecular flexibility index (Phi) is 14.5. The zero-order valence-electron chi connectivity index (χ0n) is 15.4. The maximum atomic E-state index is 10.3. The Labute approximate surface area is 164 Å². The summed E-state index contributed by atoms with van der Waals surface area (Å²) in [5.74, 6) is -4.28. The van der Waals surface area contributed by atoms with Crippen molar-refractivity contribution in [2.75, 3.05) is 6.61 Å². The van der Waals surface area contributed by atoms with Crippen LogP contribution in [0.2, 0.25) is 0 Å². The van der Waals surface area contributed by atoms with Crippen LogP contribution in [0.3, 0.4) is 0 Å². The third-order valence-corrected chi connectivity index (χ3v) is 3.01. The van der Waals surface area contributed by atoms with Crippen molar-refractivity contribution in [3.63, 3.8) is 0 Å². The van der Waals surface area contributed by atoms with Crippen molar-refractivity contribution in [2.24, 2.45) is 0 Å². The van der Waals surface area contributed by atoms with Crippen molar-refractivity contribution >= 4 is 23.9 Å². The first-order valence-corrected chi connectivity index (χ1v) is 7.98. The number of benzene rings is 1. The van der Waals surface area contributed by atoms with E-state index in [0.29, 0.717) is 0 Å². The van der Waals surface area contributed by atoms with Crippen LogP contribution in [0.4, 0.5) is 0 Å². The molecule has 0 aliphatic rings. The Hall–Kier alpha value is -3.06. The summed E-state index contributed by atoms with van der Waals surface area (Å²) < 4.78 is 0. The summed E-state index contributed by atoms with van der Waals surface area (Å²) in [5.41, 5.74) is 0.167. The Morgan fingerprint density at radius 2 is 1.07 bits per heavy atom. The van der Waals surface area contributed by atoms with Crippen LogP contribution in [0.5, 0.6) is 0 Å². The zero-order chi connectivity index (χ0) is 23.1. The molecule has 0 bridgehead atoms. The first-order chi connectivity index (χ1) is 13.3. The quantitative estimate of drug-likeness (QED) is 0.256. The van der Waals surface area contributed by atoms with Crippen molar-refractivity contribution in [1.82, 2.24) is 0 Å². The Bertz CT molecular complexity index is 606. The molecule has 3 unspecified atom stereocenters. The normalized spacial score (nSPS) is 12.7. The molecule has 0 aliphatic heterocycles. The number of carboxylic acid groups (broad SMARTS) is 4. The van der Waals surface area contributed by atoms with Crippen molar-refractivity contribution in [2.45, 2.75) is 38.1 Å². The van der Waals surface area contributed by atoms with Crippen molar-refractivity contribution in [3.8, 4) is 0 Å². The molecular formula is C17H24O12. The van der Waals surface area contributed by atoms with Gasteiger partial charge in [-0.1, -0.05) is 0 Å². The minimum atomic E-state index is -1.25. The molecule has 0 saturated heterocycles. The Balaban J connectivity index is 0. The van der Waals surface area contributed by atoms with Crippen LogP contribution in [0.15, 0.2) is 24.3 Å². The molecule has 29 heavy (non-hydrogen) atoms. The van der Waals surface area contributed by atoms with Gasteiger partial charge in [0.1, 0.15) is 12.2 Å². The summed E-state index contributed by atoms with van der Waals surface area (Å²) >= 11 is 0. The molecule has 0 aromatic heterocycles. The molecule has 1 aromatic carbocycles. The van der Waals surface area contributed by atoms with E-state index < -0.39 is 48.8 Å². The van der Waals surface area contributed by atoms with Gasteiger partial charge in [-0.2, -0.15) is 0 Å². The SMILES string of the molecule is CC(O)C(O)C(O)CO.O=C(O)CCC(=O)O.O=C(O)c1ccc(C(=O)O)cc1. The number of hydrogen-bond donors (Lipinski definition) is 8. The van der Waals surface area contributed by atoms with Gasteiger partial charge >= 0.3 is 23.9 Å². The second kappa shape index (κ2) is 14.9. The first-order valence-electron chi connectivity index (χ1n) is 7.98. The molecule has 0 radical (unpaired) electrons. The summed E-state index contributed by atoms with van der Waals surface area (Å²) in [7, 11) is 0. The number of carboxylic acids is 4. The minimum Gasteiger partial charge on any atom is -0.481 e. The van der Waals surface area contributed by atoms with Gasteiger partial charge in [-0.05, 0) is 31.2 Å². The second-order valence-corrected chi connectivity index (χ2v) is 5.46. The van der Waals surface area contributed by atoms with E-state index in [-0.39, 0.29) is 24.0 Å². The molecule has 0 amide bonds. The molecule has 0 heterocycles. The van der Waals surface area contributed by atoms with Gasteiger partial charge < -0.3 is 40.9 Å². The number of rotatable bonds is 8. The molecule has 0 saturated carbocycles. The third kappa shape index (κ3) is 14.6. The second-order valence-electron chi connectivity index (χ2n) is 5.46. The fourth-order valence-corrected chi connectivity index (χ4v) is 1.40. The van der Waals surface area contributed by atoms with Crippen LogP contribution in [-0.4, -0.2) is 89.6 Å². The van der Waals surface area contributed by atoms with E-state index in [9.17, 15) is 19.2 Å². The minimum absolute atomic E-state index is 0.0833. The summed E-state index contributed by atoms with van der Waals surface area (Å²) in [6.45, 7) is 0.801. The van der Waals surface area contributed by atoms with Crippen LogP contribution >= 0.6 is 0 Å². The maximum absolute atomic E-state index is 10.3.